The van der Waals surface area contributed by atoms with Gasteiger partial charge in [0, 0.05) is 31.9 Å². The van der Waals surface area contributed by atoms with E-state index in [1.54, 1.807) is 23.5 Å². The molecule has 1 unspecified atom stereocenters. The average molecular weight is 414 g/mol. The summed E-state index contributed by atoms with van der Waals surface area (Å²) in [6.45, 7) is 5.52. The minimum Gasteiger partial charge on any atom is -0.332 e. The number of carbonyl (C=O) groups excluding carboxylic acids is 1. The molecular formula is C21H24F2N6O. The van der Waals surface area contributed by atoms with Gasteiger partial charge in [0.05, 0.1) is 12.9 Å². The van der Waals surface area contributed by atoms with Gasteiger partial charge in [-0.15, -0.1) is 10.2 Å². The van der Waals surface area contributed by atoms with E-state index >= 15 is 0 Å². The van der Waals surface area contributed by atoms with Gasteiger partial charge in [-0.1, -0.05) is 26.0 Å². The molecule has 4 rings (SSSR count). The molecule has 0 saturated heterocycles. The molecule has 1 amide bonds. The molecule has 1 aromatic carbocycles. The summed E-state index contributed by atoms with van der Waals surface area (Å²) in [5.74, 6) is -0.154. The molecule has 30 heavy (non-hydrogen) atoms. The van der Waals surface area contributed by atoms with Crippen LogP contribution >= 0.6 is 0 Å². The first-order valence-electron chi connectivity index (χ1n) is 10.0. The second-order valence-corrected chi connectivity index (χ2v) is 7.99. The molecule has 0 N–H and O–H groups in total. The topological polar surface area (TPSA) is 68.8 Å². The highest BCUT2D eigenvalue weighted by molar-refractivity contribution is 5.80. The van der Waals surface area contributed by atoms with Gasteiger partial charge in [0.15, 0.2) is 17.5 Å². The van der Waals surface area contributed by atoms with E-state index in [4.69, 9.17) is 0 Å². The lowest BCUT2D eigenvalue weighted by Crippen LogP contribution is -2.42. The number of nitrogens with zero attached hydrogens (tertiary/aromatic N) is 6. The zero-order valence-electron chi connectivity index (χ0n) is 17.0. The number of hydrogen-bond donors (Lipinski definition) is 0. The minimum absolute atomic E-state index is 0.0219. The molecule has 0 radical (unpaired) electrons. The van der Waals surface area contributed by atoms with Crippen LogP contribution < -0.4 is 0 Å². The molecular weight excluding hydrogens is 390 g/mol. The van der Waals surface area contributed by atoms with E-state index in [0.717, 1.165) is 6.07 Å². The van der Waals surface area contributed by atoms with E-state index in [2.05, 4.69) is 29.0 Å². The summed E-state index contributed by atoms with van der Waals surface area (Å²) < 4.78 is 31.3. The van der Waals surface area contributed by atoms with Crippen LogP contribution in [-0.2, 0) is 24.3 Å². The van der Waals surface area contributed by atoms with Crippen LogP contribution in [0.25, 0.3) is 0 Å². The van der Waals surface area contributed by atoms with Gasteiger partial charge in [-0.05, 0) is 24.0 Å². The third-order valence-electron chi connectivity index (χ3n) is 5.39. The molecule has 2 aromatic heterocycles. The Bertz CT molecular complexity index is 1030. The monoisotopic (exact) mass is 414 g/mol. The predicted octanol–water partition coefficient (Wildman–Crippen LogP) is 2.97. The number of benzene rings is 1. The minimum atomic E-state index is -0.877. The van der Waals surface area contributed by atoms with Gasteiger partial charge in [0.25, 0.3) is 0 Å². The number of halogens is 2. The molecule has 3 aromatic rings. The summed E-state index contributed by atoms with van der Waals surface area (Å²) in [6, 6.07) is 3.80. The second-order valence-electron chi connectivity index (χ2n) is 7.99. The number of fused-ring (bicyclic) bond motifs is 1. The largest absolute Gasteiger partial charge is 0.332 e. The lowest BCUT2D eigenvalue weighted by molar-refractivity contribution is -0.136. The molecule has 0 aliphatic carbocycles. The summed E-state index contributed by atoms with van der Waals surface area (Å²) in [6.07, 6.45) is 6.01. The molecule has 1 aliphatic rings. The van der Waals surface area contributed by atoms with Crippen LogP contribution in [0.15, 0.2) is 36.9 Å². The SMILES string of the molecule is CC(C)CC(C(=O)N1CCn2c(Cc3cccc(F)c3F)nnc2C1)n1ccnc1. The number of hydrogen-bond acceptors (Lipinski definition) is 4. The third kappa shape index (κ3) is 3.96. The van der Waals surface area contributed by atoms with Gasteiger partial charge in [-0.3, -0.25) is 4.79 Å². The quantitative estimate of drug-likeness (QED) is 0.622. The van der Waals surface area contributed by atoms with Gasteiger partial charge < -0.3 is 14.0 Å². The predicted molar refractivity (Wildman–Crippen MR) is 105 cm³/mol. The number of aromatic nitrogens is 5. The highest BCUT2D eigenvalue weighted by Crippen LogP contribution is 2.24. The molecule has 0 bridgehead atoms. The molecule has 3 heterocycles. The van der Waals surface area contributed by atoms with Crippen molar-refractivity contribution in [3.8, 4) is 0 Å². The Labute approximate surface area is 173 Å². The maximum absolute atomic E-state index is 14.0. The molecule has 158 valence electrons. The van der Waals surface area contributed by atoms with Crippen molar-refractivity contribution in [2.45, 2.75) is 45.8 Å². The summed E-state index contributed by atoms with van der Waals surface area (Å²) in [5.41, 5.74) is 0.237. The highest BCUT2D eigenvalue weighted by Gasteiger charge is 2.30. The zero-order chi connectivity index (χ0) is 21.3. The molecule has 0 spiro atoms. The molecule has 1 aliphatic heterocycles. The average Bonchev–Trinajstić information content (AvgIpc) is 3.39. The maximum Gasteiger partial charge on any atom is 0.246 e. The Balaban J connectivity index is 1.51. The van der Waals surface area contributed by atoms with Crippen molar-refractivity contribution >= 4 is 5.91 Å². The molecule has 9 heteroatoms. The Morgan fingerprint density at radius 2 is 2.03 bits per heavy atom. The van der Waals surface area contributed by atoms with Gasteiger partial charge in [0.1, 0.15) is 11.9 Å². The Kier molecular flexibility index (Phi) is 5.61. The Hall–Kier alpha value is -3.10. The molecule has 0 fully saturated rings. The van der Waals surface area contributed by atoms with E-state index in [1.807, 2.05) is 15.3 Å². The normalized spacial score (nSPS) is 14.8. The highest BCUT2D eigenvalue weighted by atomic mass is 19.2. The smallest absolute Gasteiger partial charge is 0.246 e. The van der Waals surface area contributed by atoms with Gasteiger partial charge in [0.2, 0.25) is 5.91 Å². The van der Waals surface area contributed by atoms with E-state index in [0.29, 0.717) is 43.6 Å². The van der Waals surface area contributed by atoms with Crippen molar-refractivity contribution in [1.29, 1.82) is 0 Å². The van der Waals surface area contributed by atoms with Crippen molar-refractivity contribution in [2.24, 2.45) is 5.92 Å². The van der Waals surface area contributed by atoms with Crippen molar-refractivity contribution in [2.75, 3.05) is 6.54 Å². The van der Waals surface area contributed by atoms with Gasteiger partial charge >= 0.3 is 0 Å². The van der Waals surface area contributed by atoms with Crippen molar-refractivity contribution in [1.82, 2.24) is 29.2 Å². The van der Waals surface area contributed by atoms with Crippen LogP contribution in [0.2, 0.25) is 0 Å². The number of amides is 1. The number of imidazole rings is 1. The number of rotatable bonds is 6. The molecule has 7 nitrogen and oxygen atoms in total. The summed E-state index contributed by atoms with van der Waals surface area (Å²) >= 11 is 0. The Morgan fingerprint density at radius 3 is 2.77 bits per heavy atom. The lowest BCUT2D eigenvalue weighted by atomic mass is 10.0. The first-order chi connectivity index (χ1) is 14.4. The van der Waals surface area contributed by atoms with Crippen molar-refractivity contribution < 1.29 is 13.6 Å². The fourth-order valence-electron chi connectivity index (χ4n) is 3.85. The standard InChI is InChI=1S/C21H24F2N6O/c1-14(2)10-17(28-7-6-24-13-28)21(30)27-8-9-29-18(25-26-19(29)12-27)11-15-4-3-5-16(22)20(15)23/h3-7,13-14,17H,8-12H2,1-2H3. The van der Waals surface area contributed by atoms with Gasteiger partial charge in [-0.25, -0.2) is 13.8 Å². The molecule has 1 atom stereocenters. The third-order valence-corrected chi connectivity index (χ3v) is 5.39. The number of carbonyl (C=O) groups is 1. The first kappa shape index (κ1) is 20.2. The fraction of sp³-hybridized carbons (Fsp3) is 0.429. The van der Waals surface area contributed by atoms with Crippen LogP contribution in [-0.4, -0.2) is 41.7 Å². The Morgan fingerprint density at radius 1 is 1.20 bits per heavy atom. The first-order valence-corrected chi connectivity index (χ1v) is 10.0. The lowest BCUT2D eigenvalue weighted by Gasteiger charge is -2.32. The van der Waals surface area contributed by atoms with E-state index in [9.17, 15) is 13.6 Å². The van der Waals surface area contributed by atoms with Crippen LogP contribution in [0.1, 0.15) is 43.5 Å². The van der Waals surface area contributed by atoms with Crippen LogP contribution in [0.4, 0.5) is 8.78 Å². The fourth-order valence-corrected chi connectivity index (χ4v) is 3.85. The van der Waals surface area contributed by atoms with Crippen LogP contribution in [0.5, 0.6) is 0 Å². The van der Waals surface area contributed by atoms with Crippen LogP contribution in [0.3, 0.4) is 0 Å². The maximum atomic E-state index is 14.0. The van der Waals surface area contributed by atoms with E-state index < -0.39 is 11.6 Å². The van der Waals surface area contributed by atoms with Gasteiger partial charge in [-0.2, -0.15) is 0 Å². The summed E-state index contributed by atoms with van der Waals surface area (Å²) in [4.78, 5) is 19.1. The molecule has 0 saturated carbocycles. The summed E-state index contributed by atoms with van der Waals surface area (Å²) in [7, 11) is 0. The van der Waals surface area contributed by atoms with E-state index in [1.165, 1.54) is 6.07 Å². The van der Waals surface area contributed by atoms with Crippen molar-refractivity contribution in [3.05, 3.63) is 65.8 Å². The summed E-state index contributed by atoms with van der Waals surface area (Å²) in [5, 5.41) is 8.38. The van der Waals surface area contributed by atoms with Crippen molar-refractivity contribution in [3.63, 3.8) is 0 Å². The van der Waals surface area contributed by atoms with E-state index in [-0.39, 0.29) is 23.9 Å². The second kappa shape index (κ2) is 8.33. The van der Waals surface area contributed by atoms with Crippen LogP contribution in [0, 0.1) is 17.6 Å². The zero-order valence-corrected chi connectivity index (χ0v) is 17.0.